The number of ketones is 1. The number of nitrogens with one attached hydrogen (secondary N) is 2. The second kappa shape index (κ2) is 26.9. The smallest absolute Gasteiger partial charge is 0.411 e. The van der Waals surface area contributed by atoms with Crippen LogP contribution in [0.2, 0.25) is 0 Å². The molecule has 2 heterocycles. The molecule has 2 fully saturated rings. The van der Waals surface area contributed by atoms with Crippen molar-refractivity contribution in [2.45, 2.75) is 111 Å². The van der Waals surface area contributed by atoms with Gasteiger partial charge in [0.15, 0.2) is 5.78 Å². The fourth-order valence-corrected chi connectivity index (χ4v) is 8.35. The number of anilines is 2. The van der Waals surface area contributed by atoms with Gasteiger partial charge in [-0.3, -0.25) is 29.3 Å². The van der Waals surface area contributed by atoms with Gasteiger partial charge in [0.25, 0.3) is 11.8 Å². The minimum atomic E-state index is -0.771. The molecule has 4 atom stereocenters. The second-order valence-electron chi connectivity index (χ2n) is 17.9. The van der Waals surface area contributed by atoms with E-state index in [-0.39, 0.29) is 92.0 Å². The Balaban J connectivity index is 0.000000429. The average Bonchev–Trinajstić information content (AvgIpc) is 3.34. The average molecular weight is 958 g/mol. The van der Waals surface area contributed by atoms with Crippen LogP contribution in [-0.2, 0) is 36.9 Å². The van der Waals surface area contributed by atoms with Crippen molar-refractivity contribution in [2.24, 2.45) is 11.8 Å². The number of rotatable bonds is 19. The van der Waals surface area contributed by atoms with Gasteiger partial charge in [0.05, 0.1) is 74.7 Å². The van der Waals surface area contributed by atoms with Crippen LogP contribution in [0.3, 0.4) is 0 Å². The minimum absolute atomic E-state index is 0.00532. The van der Waals surface area contributed by atoms with E-state index in [1.165, 1.54) is 13.2 Å². The normalized spacial score (nSPS) is 16.5. The van der Waals surface area contributed by atoms with Crippen molar-refractivity contribution in [2.75, 3.05) is 58.2 Å². The highest BCUT2D eigenvalue weighted by atomic mass is 16.5. The molecule has 17 nitrogen and oxygen atoms in total. The molecule has 4 amide bonds. The third kappa shape index (κ3) is 15.5. The molecule has 2 saturated heterocycles. The molecular weight excluding hydrogens is 887 g/mol. The van der Waals surface area contributed by atoms with Crippen molar-refractivity contribution in [3.05, 3.63) is 94.6 Å². The molecule has 3 aromatic carbocycles. The number of amides is 4. The summed E-state index contributed by atoms with van der Waals surface area (Å²) in [7, 11) is 3.08. The van der Waals surface area contributed by atoms with Crippen molar-refractivity contribution < 1.29 is 57.9 Å². The monoisotopic (exact) mass is 958 g/mol. The standard InChI is InChI=1S/C37H49N3O9.C15H22N2O3/c1-7-16-48-34(43)20-29(23(2)3)35(44)38-25(5)32(42)18-26-11-13-27(14-12-26)22-49-37(46)39-31-17-24(4)33(47-6)19-30(31)36(45)40-15-9-8-10-28(40)21-41;1-10-7-13(16)12(8-14(10)20-2)15(19)17-6-4-3-5-11(17)9-18/h7,11-14,17,19,23,25,28-29,41H,1,8-10,15-16,18,20-22H2,2-6H3,(H,38,44)(H,39,46);7-8,11,18H,3-6,9,16H2,1-2H3/t25-,28-,29-;11-/m00/s1. The number of piperidine rings is 2. The predicted molar refractivity (Wildman–Crippen MR) is 262 cm³/mol. The lowest BCUT2D eigenvalue weighted by Gasteiger charge is -2.35. The highest BCUT2D eigenvalue weighted by molar-refractivity contribution is 6.03. The van der Waals surface area contributed by atoms with Gasteiger partial charge in [0.2, 0.25) is 5.91 Å². The Morgan fingerprint density at radius 3 is 1.86 bits per heavy atom. The molecule has 0 bridgehead atoms. The van der Waals surface area contributed by atoms with E-state index in [4.69, 9.17) is 24.7 Å². The zero-order chi connectivity index (χ0) is 50.8. The van der Waals surface area contributed by atoms with Crippen molar-refractivity contribution >= 4 is 46.9 Å². The lowest BCUT2D eigenvalue weighted by Crippen LogP contribution is -2.45. The maximum atomic E-state index is 13.6. The Kier molecular flexibility index (Phi) is 21.5. The van der Waals surface area contributed by atoms with Gasteiger partial charge in [-0.25, -0.2) is 4.79 Å². The number of aryl methyl sites for hydroxylation is 2. The summed E-state index contributed by atoms with van der Waals surface area (Å²) in [5, 5.41) is 24.7. The van der Waals surface area contributed by atoms with Crippen LogP contribution in [0.4, 0.5) is 16.2 Å². The summed E-state index contributed by atoms with van der Waals surface area (Å²) in [6.07, 6.45) is 5.97. The molecule has 0 aliphatic carbocycles. The first kappa shape index (κ1) is 55.1. The topological polar surface area (TPSA) is 236 Å². The Bertz CT molecular complexity index is 2260. The number of methoxy groups -OCH3 is 2. The number of benzene rings is 3. The highest BCUT2D eigenvalue weighted by Crippen LogP contribution is 2.31. The third-order valence-electron chi connectivity index (χ3n) is 12.5. The number of ether oxygens (including phenoxy) is 4. The summed E-state index contributed by atoms with van der Waals surface area (Å²) >= 11 is 0. The lowest BCUT2D eigenvalue weighted by atomic mass is 9.91. The Hall–Kier alpha value is -6.46. The number of likely N-dealkylation sites (tertiary alicyclic amines) is 2. The van der Waals surface area contributed by atoms with E-state index in [0.29, 0.717) is 53.4 Å². The number of nitrogens with zero attached hydrogens (tertiary/aromatic N) is 2. The molecule has 69 heavy (non-hydrogen) atoms. The lowest BCUT2D eigenvalue weighted by molar-refractivity contribution is -0.146. The van der Waals surface area contributed by atoms with E-state index in [9.17, 15) is 39.0 Å². The molecule has 3 aromatic rings. The van der Waals surface area contributed by atoms with Gasteiger partial charge in [-0.15, -0.1) is 0 Å². The summed E-state index contributed by atoms with van der Waals surface area (Å²) in [6, 6.07) is 12.5. The van der Waals surface area contributed by atoms with Crippen LogP contribution in [0, 0.1) is 25.7 Å². The zero-order valence-corrected chi connectivity index (χ0v) is 41.1. The maximum Gasteiger partial charge on any atom is 0.411 e. The van der Waals surface area contributed by atoms with Gasteiger partial charge in [0, 0.05) is 25.2 Å². The Morgan fingerprint density at radius 2 is 1.32 bits per heavy atom. The summed E-state index contributed by atoms with van der Waals surface area (Å²) in [6.45, 7) is 13.5. The van der Waals surface area contributed by atoms with Crippen LogP contribution in [-0.4, -0.2) is 121 Å². The molecule has 0 aromatic heterocycles. The maximum absolute atomic E-state index is 13.6. The van der Waals surface area contributed by atoms with Gasteiger partial charge >= 0.3 is 12.1 Å². The molecule has 6 N–H and O–H groups in total. The molecule has 5 rings (SSSR count). The first-order chi connectivity index (χ1) is 33.0. The van der Waals surface area contributed by atoms with Crippen LogP contribution >= 0.6 is 0 Å². The number of aliphatic hydroxyl groups excluding tert-OH is 2. The molecule has 0 saturated carbocycles. The minimum Gasteiger partial charge on any atom is -0.496 e. The Morgan fingerprint density at radius 1 is 0.783 bits per heavy atom. The van der Waals surface area contributed by atoms with Crippen molar-refractivity contribution in [3.63, 3.8) is 0 Å². The quantitative estimate of drug-likeness (QED) is 0.0503. The molecule has 0 radical (unpaired) electrons. The number of Topliss-reactive ketones (excluding diaryl/α,β-unsaturated/α-hetero) is 1. The molecule has 2 aliphatic rings. The van der Waals surface area contributed by atoms with Crippen molar-refractivity contribution in [1.29, 1.82) is 0 Å². The molecule has 376 valence electrons. The number of nitrogens with two attached hydrogens (primary N) is 1. The first-order valence-corrected chi connectivity index (χ1v) is 23.5. The summed E-state index contributed by atoms with van der Waals surface area (Å²) in [5.74, 6) is -1.17. The molecule has 2 aliphatic heterocycles. The van der Waals surface area contributed by atoms with Crippen LogP contribution in [0.25, 0.3) is 0 Å². The molecule has 0 unspecified atom stereocenters. The first-order valence-electron chi connectivity index (χ1n) is 23.5. The number of esters is 1. The number of nitrogen functional groups attached to an aromatic ring is 1. The van der Waals surface area contributed by atoms with Crippen LogP contribution in [0.15, 0.2) is 61.2 Å². The zero-order valence-electron chi connectivity index (χ0n) is 41.1. The van der Waals surface area contributed by atoms with E-state index in [1.54, 1.807) is 79.3 Å². The summed E-state index contributed by atoms with van der Waals surface area (Å²) in [5.41, 5.74) is 10.4. The number of aliphatic hydroxyl groups is 2. The van der Waals surface area contributed by atoms with Gasteiger partial charge < -0.3 is 50.0 Å². The van der Waals surface area contributed by atoms with Crippen molar-refractivity contribution in [1.82, 2.24) is 15.1 Å². The number of hydrogen-bond acceptors (Lipinski definition) is 13. The molecule has 0 spiro atoms. The second-order valence-corrected chi connectivity index (χ2v) is 17.9. The van der Waals surface area contributed by atoms with Crippen molar-refractivity contribution in [3.8, 4) is 11.5 Å². The van der Waals surface area contributed by atoms with Crippen LogP contribution in [0.1, 0.15) is 109 Å². The van der Waals surface area contributed by atoms with Gasteiger partial charge in [0.1, 0.15) is 24.7 Å². The largest absolute Gasteiger partial charge is 0.496 e. The fourth-order valence-electron chi connectivity index (χ4n) is 8.35. The Labute approximate surface area is 405 Å². The summed E-state index contributed by atoms with van der Waals surface area (Å²) < 4.78 is 21.1. The number of carbonyl (C=O) groups excluding carboxylic acids is 6. The van der Waals surface area contributed by atoms with Crippen LogP contribution < -0.4 is 25.8 Å². The molecule has 17 heteroatoms. The number of carbonyl (C=O) groups is 6. The van der Waals surface area contributed by atoms with Gasteiger partial charge in [-0.1, -0.05) is 50.8 Å². The highest BCUT2D eigenvalue weighted by Gasteiger charge is 2.32. The van der Waals surface area contributed by atoms with Gasteiger partial charge in [-0.2, -0.15) is 0 Å². The van der Waals surface area contributed by atoms with E-state index in [2.05, 4.69) is 17.2 Å². The van der Waals surface area contributed by atoms with E-state index in [0.717, 1.165) is 43.2 Å². The third-order valence-corrected chi connectivity index (χ3v) is 12.5. The van der Waals surface area contributed by atoms with E-state index < -0.39 is 24.0 Å². The predicted octanol–water partition coefficient (Wildman–Crippen LogP) is 6.32. The fraction of sp³-hybridized carbons (Fsp3) is 0.500. The van der Waals surface area contributed by atoms with Crippen LogP contribution in [0.5, 0.6) is 11.5 Å². The van der Waals surface area contributed by atoms with Gasteiger partial charge in [-0.05, 0) is 112 Å². The molecular formula is C52H71N5O12. The van der Waals surface area contributed by atoms with E-state index >= 15 is 0 Å². The SMILES string of the molecule is C=CCOC(=O)C[C@H](C(=O)N[C@@H](C)C(=O)Cc1ccc(COC(=O)Nc2cc(C)c(OC)cc2C(=O)N2CCCC[C@H]2CO)cc1)C(C)C.COc1cc(C(=O)N2CCCC[C@H]2CO)c(N)cc1C. The summed E-state index contributed by atoms with van der Waals surface area (Å²) in [4.78, 5) is 80.3. The number of hydrogen-bond donors (Lipinski definition) is 5. The van der Waals surface area contributed by atoms with E-state index in [1.807, 2.05) is 20.8 Å².